The smallest absolute Gasteiger partial charge is 0.325 e. The lowest BCUT2D eigenvalue weighted by Crippen LogP contribution is -2.28. The summed E-state index contributed by atoms with van der Waals surface area (Å²) in [7, 11) is 0. The summed E-state index contributed by atoms with van der Waals surface area (Å²) in [6.45, 7) is 0.136. The fourth-order valence-electron chi connectivity index (χ4n) is 1.95. The van der Waals surface area contributed by atoms with E-state index in [2.05, 4.69) is 5.32 Å². The maximum Gasteiger partial charge on any atom is 0.325 e. The van der Waals surface area contributed by atoms with E-state index in [0.717, 1.165) is 6.07 Å². The SMILES string of the molecule is O=C(O)C(NCc1cc(O)cc(F)c1)c1ccccc1. The molecule has 1 unspecified atom stereocenters. The van der Waals surface area contributed by atoms with Crippen LogP contribution in [0.3, 0.4) is 0 Å². The highest BCUT2D eigenvalue weighted by atomic mass is 19.1. The summed E-state index contributed by atoms with van der Waals surface area (Å²) in [4.78, 5) is 11.3. The Kier molecular flexibility index (Phi) is 4.32. The fraction of sp³-hybridized carbons (Fsp3) is 0.133. The predicted molar refractivity (Wildman–Crippen MR) is 71.7 cm³/mol. The minimum Gasteiger partial charge on any atom is -0.508 e. The monoisotopic (exact) mass is 275 g/mol. The average molecular weight is 275 g/mol. The van der Waals surface area contributed by atoms with Crippen LogP contribution in [0.2, 0.25) is 0 Å². The zero-order valence-electron chi connectivity index (χ0n) is 10.6. The number of benzene rings is 2. The van der Waals surface area contributed by atoms with Gasteiger partial charge in [-0.25, -0.2) is 4.39 Å². The number of carbonyl (C=O) groups is 1. The molecule has 0 heterocycles. The summed E-state index contributed by atoms with van der Waals surface area (Å²) in [5.74, 6) is -1.77. The topological polar surface area (TPSA) is 69.6 Å². The highest BCUT2D eigenvalue weighted by Gasteiger charge is 2.18. The molecule has 0 fully saturated rings. The highest BCUT2D eigenvalue weighted by molar-refractivity contribution is 5.75. The molecule has 3 N–H and O–H groups in total. The van der Waals surface area contributed by atoms with Crippen LogP contribution in [0.15, 0.2) is 48.5 Å². The number of halogens is 1. The summed E-state index contributed by atoms with van der Waals surface area (Å²) in [6.07, 6.45) is 0. The number of carboxylic acid groups (broad SMARTS) is 1. The van der Waals surface area contributed by atoms with Crippen molar-refractivity contribution in [2.45, 2.75) is 12.6 Å². The molecule has 2 aromatic rings. The molecule has 20 heavy (non-hydrogen) atoms. The molecule has 2 rings (SSSR count). The molecule has 4 nitrogen and oxygen atoms in total. The van der Waals surface area contributed by atoms with Gasteiger partial charge in [0.05, 0.1) is 0 Å². The van der Waals surface area contributed by atoms with Gasteiger partial charge in [0.1, 0.15) is 17.6 Å². The lowest BCUT2D eigenvalue weighted by atomic mass is 10.1. The van der Waals surface area contributed by atoms with Crippen molar-refractivity contribution in [1.29, 1.82) is 0 Å². The van der Waals surface area contributed by atoms with Crippen LogP contribution in [-0.2, 0) is 11.3 Å². The number of phenols is 1. The number of hydrogen-bond acceptors (Lipinski definition) is 3. The Morgan fingerprint density at radius 2 is 1.90 bits per heavy atom. The second kappa shape index (κ2) is 6.16. The van der Waals surface area contributed by atoms with Gasteiger partial charge < -0.3 is 10.2 Å². The largest absolute Gasteiger partial charge is 0.508 e. The molecule has 0 saturated carbocycles. The van der Waals surface area contributed by atoms with Gasteiger partial charge in [0.25, 0.3) is 0 Å². The maximum atomic E-state index is 13.1. The molecule has 0 aliphatic carbocycles. The predicted octanol–water partition coefficient (Wildman–Crippen LogP) is 2.45. The van der Waals surface area contributed by atoms with Crippen LogP contribution >= 0.6 is 0 Å². The number of carboxylic acids is 1. The van der Waals surface area contributed by atoms with Gasteiger partial charge in [0.15, 0.2) is 0 Å². The van der Waals surface area contributed by atoms with E-state index in [1.807, 2.05) is 0 Å². The molecule has 0 saturated heterocycles. The molecule has 0 radical (unpaired) electrons. The number of hydrogen-bond donors (Lipinski definition) is 3. The van der Waals surface area contributed by atoms with E-state index in [1.54, 1.807) is 30.3 Å². The van der Waals surface area contributed by atoms with Crippen molar-refractivity contribution in [3.8, 4) is 5.75 Å². The summed E-state index contributed by atoms with van der Waals surface area (Å²) >= 11 is 0. The van der Waals surface area contributed by atoms with Crippen molar-refractivity contribution < 1.29 is 19.4 Å². The Balaban J connectivity index is 2.12. The zero-order chi connectivity index (χ0) is 14.5. The first-order valence-electron chi connectivity index (χ1n) is 6.06. The molecule has 104 valence electrons. The quantitative estimate of drug-likeness (QED) is 0.784. The third kappa shape index (κ3) is 3.55. The molecule has 0 aliphatic rings. The molecular weight excluding hydrogens is 261 g/mol. The van der Waals surface area contributed by atoms with E-state index in [4.69, 9.17) is 0 Å². The lowest BCUT2D eigenvalue weighted by molar-refractivity contribution is -0.139. The number of nitrogens with one attached hydrogen (secondary N) is 1. The Morgan fingerprint density at radius 3 is 2.50 bits per heavy atom. The van der Waals surface area contributed by atoms with Gasteiger partial charge in [-0.1, -0.05) is 30.3 Å². The second-order valence-electron chi connectivity index (χ2n) is 4.38. The van der Waals surface area contributed by atoms with Crippen LogP contribution in [0, 0.1) is 5.82 Å². The van der Waals surface area contributed by atoms with Crippen LogP contribution in [-0.4, -0.2) is 16.2 Å². The van der Waals surface area contributed by atoms with Gasteiger partial charge in [-0.05, 0) is 23.3 Å². The molecule has 2 aromatic carbocycles. The maximum absolute atomic E-state index is 13.1. The van der Waals surface area contributed by atoms with E-state index in [9.17, 15) is 19.4 Å². The minimum atomic E-state index is -1.02. The molecule has 5 heteroatoms. The molecule has 0 bridgehead atoms. The van der Waals surface area contributed by atoms with Gasteiger partial charge in [-0.2, -0.15) is 0 Å². The van der Waals surface area contributed by atoms with Crippen LogP contribution in [0.4, 0.5) is 4.39 Å². The normalized spacial score (nSPS) is 12.1. The molecule has 1 atom stereocenters. The van der Waals surface area contributed by atoms with Gasteiger partial charge >= 0.3 is 5.97 Å². The number of aliphatic carboxylic acids is 1. The van der Waals surface area contributed by atoms with Crippen molar-refractivity contribution in [2.24, 2.45) is 0 Å². The molecular formula is C15H14FNO3. The lowest BCUT2D eigenvalue weighted by Gasteiger charge is -2.15. The van der Waals surface area contributed by atoms with E-state index in [0.29, 0.717) is 11.1 Å². The fourth-order valence-corrected chi connectivity index (χ4v) is 1.95. The van der Waals surface area contributed by atoms with Crippen molar-refractivity contribution in [3.63, 3.8) is 0 Å². The Labute approximate surface area is 115 Å². The Morgan fingerprint density at radius 1 is 1.20 bits per heavy atom. The third-order valence-corrected chi connectivity index (χ3v) is 2.83. The molecule has 0 aliphatic heterocycles. The second-order valence-corrected chi connectivity index (χ2v) is 4.38. The summed E-state index contributed by atoms with van der Waals surface area (Å²) < 4.78 is 13.1. The molecule has 0 amide bonds. The van der Waals surface area contributed by atoms with Gasteiger partial charge in [0, 0.05) is 12.6 Å². The first-order chi connectivity index (χ1) is 9.56. The minimum absolute atomic E-state index is 0.136. The van der Waals surface area contributed by atoms with Crippen molar-refractivity contribution in [1.82, 2.24) is 5.32 Å². The van der Waals surface area contributed by atoms with E-state index < -0.39 is 17.8 Å². The first kappa shape index (κ1) is 14.0. The van der Waals surface area contributed by atoms with Crippen LogP contribution in [0.25, 0.3) is 0 Å². The van der Waals surface area contributed by atoms with E-state index in [-0.39, 0.29) is 12.3 Å². The number of rotatable bonds is 5. The standard InChI is InChI=1S/C15H14FNO3/c16-12-6-10(7-13(18)8-12)9-17-14(15(19)20)11-4-2-1-3-5-11/h1-8,14,17-18H,9H2,(H,19,20). The van der Waals surface area contributed by atoms with Crippen molar-refractivity contribution in [2.75, 3.05) is 0 Å². The average Bonchev–Trinajstić information content (AvgIpc) is 2.38. The third-order valence-electron chi connectivity index (χ3n) is 2.83. The number of aromatic hydroxyl groups is 1. The van der Waals surface area contributed by atoms with Crippen LogP contribution in [0.1, 0.15) is 17.2 Å². The molecule has 0 aromatic heterocycles. The summed E-state index contributed by atoms with van der Waals surface area (Å²) in [6, 6.07) is 11.5. The number of phenolic OH excluding ortho intramolecular Hbond substituents is 1. The molecule has 0 spiro atoms. The van der Waals surface area contributed by atoms with Crippen LogP contribution in [0.5, 0.6) is 5.75 Å². The Hall–Kier alpha value is -2.40. The van der Waals surface area contributed by atoms with Crippen molar-refractivity contribution >= 4 is 5.97 Å². The van der Waals surface area contributed by atoms with E-state index >= 15 is 0 Å². The first-order valence-corrected chi connectivity index (χ1v) is 6.06. The van der Waals surface area contributed by atoms with Gasteiger partial charge in [-0.3, -0.25) is 10.1 Å². The highest BCUT2D eigenvalue weighted by Crippen LogP contribution is 2.17. The van der Waals surface area contributed by atoms with Crippen LogP contribution < -0.4 is 5.32 Å². The zero-order valence-corrected chi connectivity index (χ0v) is 10.6. The summed E-state index contributed by atoms with van der Waals surface area (Å²) in [5, 5.41) is 21.4. The van der Waals surface area contributed by atoms with Crippen molar-refractivity contribution in [3.05, 3.63) is 65.5 Å². The summed E-state index contributed by atoms with van der Waals surface area (Å²) in [5.41, 5.74) is 1.09. The Bertz CT molecular complexity index is 581. The van der Waals surface area contributed by atoms with Gasteiger partial charge in [0.2, 0.25) is 0 Å². The van der Waals surface area contributed by atoms with Gasteiger partial charge in [-0.15, -0.1) is 0 Å². The van der Waals surface area contributed by atoms with E-state index in [1.165, 1.54) is 12.1 Å².